The van der Waals surface area contributed by atoms with Gasteiger partial charge in [-0.05, 0) is 12.3 Å². The van der Waals surface area contributed by atoms with Crippen molar-refractivity contribution in [1.82, 2.24) is 15.3 Å². The minimum atomic E-state index is 0.476. The van der Waals surface area contributed by atoms with Crippen LogP contribution < -0.4 is 0 Å². The fourth-order valence-electron chi connectivity index (χ4n) is 1.65. The molecule has 0 aromatic carbocycles. The van der Waals surface area contributed by atoms with E-state index in [0.717, 1.165) is 18.0 Å². The molecule has 2 aromatic heterocycles. The zero-order valence-electron chi connectivity index (χ0n) is 8.38. The fraction of sp³-hybridized carbons (Fsp3) is 0.500. The van der Waals surface area contributed by atoms with E-state index >= 15 is 0 Å². The maximum absolute atomic E-state index is 5.19. The molecule has 0 N–H and O–H groups in total. The van der Waals surface area contributed by atoms with Crippen molar-refractivity contribution in [2.45, 2.75) is 25.7 Å². The van der Waals surface area contributed by atoms with E-state index in [-0.39, 0.29) is 0 Å². The summed E-state index contributed by atoms with van der Waals surface area (Å²) in [6.45, 7) is 2.19. The van der Waals surface area contributed by atoms with Crippen LogP contribution in [-0.2, 0) is 6.42 Å². The summed E-state index contributed by atoms with van der Waals surface area (Å²) in [7, 11) is 0. The van der Waals surface area contributed by atoms with Crippen LogP contribution in [-0.4, -0.2) is 15.3 Å². The van der Waals surface area contributed by atoms with E-state index in [1.807, 2.05) is 0 Å². The van der Waals surface area contributed by atoms with Gasteiger partial charge in [0, 0.05) is 12.0 Å². The lowest BCUT2D eigenvalue weighted by molar-refractivity contribution is 0.371. The van der Waals surface area contributed by atoms with Gasteiger partial charge in [-0.3, -0.25) is 0 Å². The van der Waals surface area contributed by atoms with Gasteiger partial charge in [0.05, 0.1) is 12.1 Å². The molecule has 0 amide bonds. The first-order chi connectivity index (χ1) is 7.33. The monoisotopic (exact) mass is 205 g/mol. The first-order valence-electron chi connectivity index (χ1n) is 5.04. The molecule has 0 saturated heterocycles. The van der Waals surface area contributed by atoms with Gasteiger partial charge in [0.15, 0.2) is 5.82 Å². The zero-order valence-corrected chi connectivity index (χ0v) is 8.38. The topological polar surface area (TPSA) is 65.0 Å². The first-order valence-corrected chi connectivity index (χ1v) is 5.04. The van der Waals surface area contributed by atoms with E-state index in [2.05, 4.69) is 22.2 Å². The Labute approximate surface area is 86.5 Å². The summed E-state index contributed by atoms with van der Waals surface area (Å²) in [5.41, 5.74) is 0.825. The molecule has 0 radical (unpaired) electrons. The first kappa shape index (κ1) is 8.64. The van der Waals surface area contributed by atoms with E-state index in [1.165, 1.54) is 0 Å². The quantitative estimate of drug-likeness (QED) is 0.764. The summed E-state index contributed by atoms with van der Waals surface area (Å²) in [4.78, 5) is 4.34. The van der Waals surface area contributed by atoms with Gasteiger partial charge in [-0.1, -0.05) is 17.2 Å². The van der Waals surface area contributed by atoms with Gasteiger partial charge in [0.2, 0.25) is 5.89 Å². The number of hydrogen-bond acceptors (Lipinski definition) is 5. The van der Waals surface area contributed by atoms with Crippen molar-refractivity contribution in [3.63, 3.8) is 0 Å². The maximum Gasteiger partial charge on any atom is 0.230 e. The summed E-state index contributed by atoms with van der Waals surface area (Å²) in [6, 6.07) is 1.80. The smallest absolute Gasteiger partial charge is 0.230 e. The lowest BCUT2D eigenvalue weighted by Crippen LogP contribution is -1.91. The van der Waals surface area contributed by atoms with Crippen LogP contribution in [0.5, 0.6) is 0 Å². The normalized spacial score (nSPS) is 24.3. The van der Waals surface area contributed by atoms with Crippen molar-refractivity contribution in [3.8, 4) is 0 Å². The highest BCUT2D eigenvalue weighted by molar-refractivity contribution is 5.09. The van der Waals surface area contributed by atoms with Crippen molar-refractivity contribution in [2.24, 2.45) is 5.92 Å². The zero-order chi connectivity index (χ0) is 10.3. The van der Waals surface area contributed by atoms with E-state index in [0.29, 0.717) is 24.1 Å². The average molecular weight is 205 g/mol. The summed E-state index contributed by atoms with van der Waals surface area (Å²) in [5, 5.41) is 7.72. The summed E-state index contributed by atoms with van der Waals surface area (Å²) in [5.74, 6) is 2.60. The van der Waals surface area contributed by atoms with Gasteiger partial charge in [0.25, 0.3) is 0 Å². The van der Waals surface area contributed by atoms with Crippen LogP contribution in [0, 0.1) is 5.92 Å². The maximum atomic E-state index is 5.19. The van der Waals surface area contributed by atoms with Gasteiger partial charge in [-0.2, -0.15) is 4.98 Å². The Morgan fingerprint density at radius 1 is 1.47 bits per heavy atom. The molecule has 5 heteroatoms. The van der Waals surface area contributed by atoms with Crippen LogP contribution in [0.4, 0.5) is 0 Å². The lowest BCUT2D eigenvalue weighted by Gasteiger charge is -1.85. The lowest BCUT2D eigenvalue weighted by atomic mass is 10.3. The number of hydrogen-bond donors (Lipinski definition) is 0. The van der Waals surface area contributed by atoms with Crippen molar-refractivity contribution in [2.75, 3.05) is 0 Å². The predicted molar refractivity (Wildman–Crippen MR) is 50.1 cm³/mol. The third-order valence-corrected chi connectivity index (χ3v) is 2.74. The number of aromatic nitrogens is 3. The van der Waals surface area contributed by atoms with E-state index in [1.54, 1.807) is 12.3 Å². The second-order valence-electron chi connectivity index (χ2n) is 4.04. The molecular weight excluding hydrogens is 194 g/mol. The third-order valence-electron chi connectivity index (χ3n) is 2.74. The molecule has 3 rings (SSSR count). The number of rotatable bonds is 3. The van der Waals surface area contributed by atoms with Crippen LogP contribution in [0.3, 0.4) is 0 Å². The van der Waals surface area contributed by atoms with Gasteiger partial charge in [-0.15, -0.1) is 0 Å². The average Bonchev–Trinajstić information content (AvgIpc) is 2.74. The van der Waals surface area contributed by atoms with Gasteiger partial charge < -0.3 is 9.05 Å². The molecule has 1 saturated carbocycles. The highest BCUT2D eigenvalue weighted by Crippen LogP contribution is 2.45. The van der Waals surface area contributed by atoms with Crippen molar-refractivity contribution >= 4 is 0 Å². The Morgan fingerprint density at radius 2 is 2.33 bits per heavy atom. The summed E-state index contributed by atoms with van der Waals surface area (Å²) >= 11 is 0. The van der Waals surface area contributed by atoms with E-state index < -0.39 is 0 Å². The van der Waals surface area contributed by atoms with Gasteiger partial charge >= 0.3 is 0 Å². The number of nitrogens with zero attached hydrogens (tertiary/aromatic N) is 3. The molecule has 2 aromatic rings. The van der Waals surface area contributed by atoms with Crippen LogP contribution in [0.25, 0.3) is 0 Å². The second-order valence-corrected chi connectivity index (χ2v) is 4.04. The van der Waals surface area contributed by atoms with Crippen molar-refractivity contribution in [3.05, 3.63) is 29.7 Å². The van der Waals surface area contributed by atoms with Gasteiger partial charge in [-0.25, -0.2) is 0 Å². The molecule has 15 heavy (non-hydrogen) atoms. The SMILES string of the molecule is CC1CC1c1nc(Cc2ccon2)no1. The molecule has 2 atom stereocenters. The molecular formula is C10H11N3O2. The molecule has 0 spiro atoms. The van der Waals surface area contributed by atoms with Crippen LogP contribution in [0.1, 0.15) is 36.7 Å². The highest BCUT2D eigenvalue weighted by atomic mass is 16.5. The predicted octanol–water partition coefficient (Wildman–Crippen LogP) is 1.77. The minimum absolute atomic E-state index is 0.476. The highest BCUT2D eigenvalue weighted by Gasteiger charge is 2.38. The van der Waals surface area contributed by atoms with Crippen molar-refractivity contribution < 1.29 is 9.05 Å². The molecule has 2 unspecified atom stereocenters. The van der Waals surface area contributed by atoms with Crippen molar-refractivity contribution in [1.29, 1.82) is 0 Å². The fourth-order valence-corrected chi connectivity index (χ4v) is 1.65. The minimum Gasteiger partial charge on any atom is -0.364 e. The van der Waals surface area contributed by atoms with E-state index in [4.69, 9.17) is 9.05 Å². The second kappa shape index (κ2) is 3.18. The molecule has 78 valence electrons. The Bertz CT molecular complexity index is 449. The molecule has 5 nitrogen and oxygen atoms in total. The Morgan fingerprint density at radius 3 is 3.00 bits per heavy atom. The van der Waals surface area contributed by atoms with Crippen LogP contribution >= 0.6 is 0 Å². The molecule has 1 aliphatic rings. The third kappa shape index (κ3) is 1.65. The molecule has 0 aliphatic heterocycles. The van der Waals surface area contributed by atoms with Gasteiger partial charge in [0.1, 0.15) is 6.26 Å². The summed E-state index contributed by atoms with van der Waals surface area (Å²) in [6.07, 6.45) is 3.27. The molecule has 2 heterocycles. The Kier molecular flexibility index (Phi) is 1.83. The molecule has 1 fully saturated rings. The molecule has 0 bridgehead atoms. The van der Waals surface area contributed by atoms with Crippen LogP contribution in [0.2, 0.25) is 0 Å². The Hall–Kier alpha value is -1.65. The summed E-state index contributed by atoms with van der Waals surface area (Å²) < 4.78 is 9.92. The van der Waals surface area contributed by atoms with Crippen LogP contribution in [0.15, 0.2) is 21.4 Å². The largest absolute Gasteiger partial charge is 0.364 e. The molecule has 1 aliphatic carbocycles. The standard InChI is InChI=1S/C10H11N3O2/c1-6-4-8(6)10-11-9(13-15-10)5-7-2-3-14-12-7/h2-3,6,8H,4-5H2,1H3. The van der Waals surface area contributed by atoms with E-state index in [9.17, 15) is 0 Å². The Balaban J connectivity index is 1.74.